The minimum Gasteiger partial charge on any atom is -0.464 e. The Morgan fingerprint density at radius 3 is 2.72 bits per heavy atom. The topological polar surface area (TPSA) is 38.3 Å². The molecule has 1 aromatic carbocycles. The van der Waals surface area contributed by atoms with Crippen molar-refractivity contribution in [3.05, 3.63) is 35.9 Å². The zero-order chi connectivity index (χ0) is 13.2. The van der Waals surface area contributed by atoms with Crippen LogP contribution in [0.4, 0.5) is 0 Å². The Kier molecular flexibility index (Phi) is 6.60. The van der Waals surface area contributed by atoms with Crippen molar-refractivity contribution in [1.82, 2.24) is 5.32 Å². The predicted octanol–water partition coefficient (Wildman–Crippen LogP) is 1.77. The van der Waals surface area contributed by atoms with Crippen LogP contribution in [-0.2, 0) is 16.0 Å². The summed E-state index contributed by atoms with van der Waals surface area (Å²) < 4.78 is 4.91. The fourth-order valence-corrected chi connectivity index (χ4v) is 1.50. The van der Waals surface area contributed by atoms with Crippen molar-refractivity contribution in [3.63, 3.8) is 0 Å². The first kappa shape index (κ1) is 14.3. The van der Waals surface area contributed by atoms with Gasteiger partial charge in [-0.3, -0.25) is 5.32 Å². The number of ether oxygens (including phenoxy) is 1. The molecule has 0 radical (unpaired) electrons. The quantitative estimate of drug-likeness (QED) is 0.634. The van der Waals surface area contributed by atoms with Gasteiger partial charge in [-0.15, -0.1) is 5.92 Å². The highest BCUT2D eigenvalue weighted by Crippen LogP contribution is 2.01. The zero-order valence-corrected chi connectivity index (χ0v) is 10.9. The van der Waals surface area contributed by atoms with Crippen LogP contribution in [0.5, 0.6) is 0 Å². The minimum absolute atomic E-state index is 0.313. The second kappa shape index (κ2) is 8.32. The number of carbonyl (C=O) groups excluding carboxylic acids is 1. The molecule has 0 amide bonds. The highest BCUT2D eigenvalue weighted by Gasteiger charge is 2.13. The zero-order valence-electron chi connectivity index (χ0n) is 10.9. The Morgan fingerprint density at radius 2 is 2.11 bits per heavy atom. The molecule has 3 nitrogen and oxygen atoms in total. The number of esters is 1. The molecule has 0 aliphatic carbocycles. The summed E-state index contributed by atoms with van der Waals surface area (Å²) in [7, 11) is 1.70. The molecule has 0 aliphatic rings. The van der Waals surface area contributed by atoms with Crippen LogP contribution in [-0.4, -0.2) is 25.7 Å². The summed E-state index contributed by atoms with van der Waals surface area (Å²) in [6.07, 6.45) is 1.63. The molecule has 0 saturated carbocycles. The van der Waals surface area contributed by atoms with E-state index in [0.717, 1.165) is 12.8 Å². The van der Waals surface area contributed by atoms with Gasteiger partial charge in [0.05, 0.1) is 6.61 Å². The SMILES string of the molecule is CCOC(=O)[C@@H](C#CCCc1ccccc1)NC. The number of likely N-dealkylation sites (N-methyl/N-ethyl adjacent to an activating group) is 1. The summed E-state index contributed by atoms with van der Waals surface area (Å²) in [6, 6.07) is 9.63. The Hall–Kier alpha value is -1.79. The third-order valence-corrected chi connectivity index (χ3v) is 2.44. The lowest BCUT2D eigenvalue weighted by Gasteiger charge is -2.07. The maximum atomic E-state index is 11.5. The van der Waals surface area contributed by atoms with Crippen molar-refractivity contribution in [3.8, 4) is 11.8 Å². The maximum Gasteiger partial charge on any atom is 0.335 e. The van der Waals surface area contributed by atoms with Crippen molar-refractivity contribution < 1.29 is 9.53 Å². The lowest BCUT2D eigenvalue weighted by atomic mass is 10.1. The Labute approximate surface area is 109 Å². The second-order valence-corrected chi connectivity index (χ2v) is 3.78. The number of rotatable bonds is 5. The molecule has 96 valence electrons. The van der Waals surface area contributed by atoms with Gasteiger partial charge in [-0.25, -0.2) is 4.79 Å². The molecule has 1 rings (SSSR count). The van der Waals surface area contributed by atoms with Gasteiger partial charge in [0.1, 0.15) is 0 Å². The summed E-state index contributed by atoms with van der Waals surface area (Å²) in [6.45, 7) is 2.16. The fourth-order valence-electron chi connectivity index (χ4n) is 1.50. The second-order valence-electron chi connectivity index (χ2n) is 3.78. The molecule has 0 aromatic heterocycles. The van der Waals surface area contributed by atoms with E-state index in [9.17, 15) is 4.79 Å². The van der Waals surface area contributed by atoms with E-state index in [4.69, 9.17) is 4.74 Å². The van der Waals surface area contributed by atoms with E-state index >= 15 is 0 Å². The molecule has 0 spiro atoms. The van der Waals surface area contributed by atoms with E-state index in [2.05, 4.69) is 29.3 Å². The number of carbonyl (C=O) groups is 1. The monoisotopic (exact) mass is 245 g/mol. The first-order chi connectivity index (χ1) is 8.77. The Bertz CT molecular complexity index is 417. The third-order valence-electron chi connectivity index (χ3n) is 2.44. The van der Waals surface area contributed by atoms with Gasteiger partial charge in [-0.05, 0) is 26.0 Å². The lowest BCUT2D eigenvalue weighted by Crippen LogP contribution is -2.34. The molecule has 0 aliphatic heterocycles. The molecular weight excluding hydrogens is 226 g/mol. The molecule has 1 N–H and O–H groups in total. The summed E-state index contributed by atoms with van der Waals surface area (Å²) in [5.74, 6) is 5.59. The fraction of sp³-hybridized carbons (Fsp3) is 0.400. The van der Waals surface area contributed by atoms with Crippen molar-refractivity contribution in [2.24, 2.45) is 0 Å². The van der Waals surface area contributed by atoms with E-state index < -0.39 is 6.04 Å². The third kappa shape index (κ3) is 5.03. The van der Waals surface area contributed by atoms with Gasteiger partial charge in [0.15, 0.2) is 6.04 Å². The molecule has 3 heteroatoms. The van der Waals surface area contributed by atoms with E-state index in [1.54, 1.807) is 14.0 Å². The van der Waals surface area contributed by atoms with Crippen LogP contribution in [0, 0.1) is 11.8 Å². The summed E-state index contributed by atoms with van der Waals surface area (Å²) in [5.41, 5.74) is 1.25. The highest BCUT2D eigenvalue weighted by atomic mass is 16.5. The highest BCUT2D eigenvalue weighted by molar-refractivity contribution is 5.79. The number of hydrogen-bond donors (Lipinski definition) is 1. The average Bonchev–Trinajstić information content (AvgIpc) is 2.40. The molecule has 18 heavy (non-hydrogen) atoms. The van der Waals surface area contributed by atoms with E-state index in [0.29, 0.717) is 6.61 Å². The van der Waals surface area contributed by atoms with Gasteiger partial charge in [0.2, 0.25) is 0 Å². The summed E-state index contributed by atoms with van der Waals surface area (Å²) in [5, 5.41) is 2.84. The minimum atomic E-state index is -0.527. The molecule has 0 unspecified atom stereocenters. The Morgan fingerprint density at radius 1 is 1.39 bits per heavy atom. The Balaban J connectivity index is 2.42. The van der Waals surface area contributed by atoms with Crippen molar-refractivity contribution in [2.75, 3.05) is 13.7 Å². The van der Waals surface area contributed by atoms with Crippen LogP contribution >= 0.6 is 0 Å². The maximum absolute atomic E-state index is 11.5. The van der Waals surface area contributed by atoms with Gasteiger partial charge in [-0.1, -0.05) is 36.3 Å². The molecule has 0 fully saturated rings. The van der Waals surface area contributed by atoms with Crippen LogP contribution in [0.15, 0.2) is 30.3 Å². The van der Waals surface area contributed by atoms with Crippen LogP contribution in [0.25, 0.3) is 0 Å². The number of aryl methyl sites for hydroxylation is 1. The summed E-state index contributed by atoms with van der Waals surface area (Å²) in [4.78, 5) is 11.5. The van der Waals surface area contributed by atoms with Gasteiger partial charge < -0.3 is 4.74 Å². The standard InChI is InChI=1S/C15H19NO2/c1-3-18-15(17)14(16-2)12-8-7-11-13-9-5-4-6-10-13/h4-6,9-10,14,16H,3,7,11H2,1-2H3/t14-/m1/s1. The lowest BCUT2D eigenvalue weighted by molar-refractivity contribution is -0.143. The van der Waals surface area contributed by atoms with Gasteiger partial charge in [0, 0.05) is 6.42 Å². The van der Waals surface area contributed by atoms with Crippen LogP contribution in [0.3, 0.4) is 0 Å². The summed E-state index contributed by atoms with van der Waals surface area (Å²) >= 11 is 0. The number of nitrogens with one attached hydrogen (secondary N) is 1. The van der Waals surface area contributed by atoms with Gasteiger partial charge in [-0.2, -0.15) is 0 Å². The molecule has 0 heterocycles. The first-order valence-electron chi connectivity index (χ1n) is 6.14. The van der Waals surface area contributed by atoms with Crippen LogP contribution < -0.4 is 5.32 Å². The van der Waals surface area contributed by atoms with Crippen molar-refractivity contribution in [2.45, 2.75) is 25.8 Å². The van der Waals surface area contributed by atoms with Gasteiger partial charge in [0.25, 0.3) is 0 Å². The number of benzene rings is 1. The van der Waals surface area contributed by atoms with Crippen LogP contribution in [0.1, 0.15) is 18.9 Å². The average molecular weight is 245 g/mol. The largest absolute Gasteiger partial charge is 0.464 e. The van der Waals surface area contributed by atoms with Crippen LogP contribution in [0.2, 0.25) is 0 Å². The molecular formula is C15H19NO2. The van der Waals surface area contributed by atoms with Crippen molar-refractivity contribution in [1.29, 1.82) is 0 Å². The predicted molar refractivity (Wildman–Crippen MR) is 72.0 cm³/mol. The molecule has 1 atom stereocenters. The van der Waals surface area contributed by atoms with E-state index in [1.165, 1.54) is 5.56 Å². The molecule has 1 aromatic rings. The number of hydrogen-bond acceptors (Lipinski definition) is 3. The van der Waals surface area contributed by atoms with Gasteiger partial charge >= 0.3 is 5.97 Å². The smallest absolute Gasteiger partial charge is 0.335 e. The van der Waals surface area contributed by atoms with E-state index in [-0.39, 0.29) is 5.97 Å². The van der Waals surface area contributed by atoms with E-state index in [1.807, 2.05) is 18.2 Å². The van der Waals surface area contributed by atoms with Crippen molar-refractivity contribution >= 4 is 5.97 Å². The first-order valence-corrected chi connectivity index (χ1v) is 6.14. The molecule has 0 saturated heterocycles. The molecule has 0 bridgehead atoms. The normalized spacial score (nSPS) is 11.2.